The maximum Gasteiger partial charge on any atom is 0.251 e. The first kappa shape index (κ1) is 13.1. The third kappa shape index (κ3) is 3.33. The molecule has 0 spiro atoms. The molecule has 1 fully saturated rings. The summed E-state index contributed by atoms with van der Waals surface area (Å²) in [5.74, 6) is 0.715. The van der Waals surface area contributed by atoms with Gasteiger partial charge in [0.2, 0.25) is 0 Å². The second-order valence-corrected chi connectivity index (χ2v) is 4.95. The largest absolute Gasteiger partial charge is 0.350 e. The van der Waals surface area contributed by atoms with E-state index >= 15 is 0 Å². The Labute approximate surface area is 109 Å². The first-order valence-corrected chi connectivity index (χ1v) is 6.88. The second kappa shape index (κ2) is 6.55. The lowest BCUT2D eigenvalue weighted by Gasteiger charge is -2.32. The summed E-state index contributed by atoms with van der Waals surface area (Å²) in [6, 6.07) is 9.83. The minimum Gasteiger partial charge on any atom is -0.350 e. The third-order valence-electron chi connectivity index (χ3n) is 3.77. The van der Waals surface area contributed by atoms with Crippen LogP contribution in [0.25, 0.3) is 0 Å². The van der Waals surface area contributed by atoms with Gasteiger partial charge in [0.25, 0.3) is 5.91 Å². The molecule has 1 aliphatic rings. The molecular weight excluding hydrogens is 224 g/mol. The lowest BCUT2D eigenvalue weighted by Crippen LogP contribution is -2.48. The predicted octanol–water partition coefficient (Wildman–Crippen LogP) is 2.19. The molecule has 18 heavy (non-hydrogen) atoms. The van der Waals surface area contributed by atoms with Gasteiger partial charge >= 0.3 is 0 Å². The summed E-state index contributed by atoms with van der Waals surface area (Å²) in [7, 11) is 0. The summed E-state index contributed by atoms with van der Waals surface area (Å²) in [5, 5.41) is 6.54. The maximum absolute atomic E-state index is 11.9. The van der Waals surface area contributed by atoms with Crippen LogP contribution in [0.15, 0.2) is 30.3 Å². The molecule has 2 unspecified atom stereocenters. The second-order valence-electron chi connectivity index (χ2n) is 4.95. The minimum absolute atomic E-state index is 0.0258. The predicted molar refractivity (Wildman–Crippen MR) is 73.6 cm³/mol. The molecule has 1 amide bonds. The van der Waals surface area contributed by atoms with Gasteiger partial charge in [0.15, 0.2) is 0 Å². The number of rotatable bonds is 4. The molecule has 0 saturated carbocycles. The van der Waals surface area contributed by atoms with Crippen molar-refractivity contribution in [1.82, 2.24) is 10.6 Å². The van der Waals surface area contributed by atoms with Crippen LogP contribution < -0.4 is 10.6 Å². The van der Waals surface area contributed by atoms with E-state index in [2.05, 4.69) is 17.6 Å². The molecule has 0 aromatic heterocycles. The van der Waals surface area contributed by atoms with E-state index in [0.29, 0.717) is 12.0 Å². The van der Waals surface area contributed by atoms with Gasteiger partial charge in [-0.05, 0) is 37.4 Å². The summed E-state index contributed by atoms with van der Waals surface area (Å²) >= 11 is 0. The van der Waals surface area contributed by atoms with Gasteiger partial charge in [0.05, 0.1) is 0 Å². The van der Waals surface area contributed by atoms with Crippen molar-refractivity contribution in [2.24, 2.45) is 5.92 Å². The van der Waals surface area contributed by atoms with E-state index in [9.17, 15) is 4.79 Å². The van der Waals surface area contributed by atoms with Crippen molar-refractivity contribution >= 4 is 5.91 Å². The summed E-state index contributed by atoms with van der Waals surface area (Å²) in [4.78, 5) is 11.9. The van der Waals surface area contributed by atoms with E-state index in [4.69, 9.17) is 0 Å². The normalized spacial score (nSPS) is 23.6. The Kier molecular flexibility index (Phi) is 4.76. The fourth-order valence-electron chi connectivity index (χ4n) is 2.64. The number of piperidine rings is 1. The van der Waals surface area contributed by atoms with E-state index < -0.39 is 0 Å². The summed E-state index contributed by atoms with van der Waals surface area (Å²) in [5.41, 5.74) is 0.737. The number of benzene rings is 1. The monoisotopic (exact) mass is 246 g/mol. The fraction of sp³-hybridized carbons (Fsp3) is 0.533. The quantitative estimate of drug-likeness (QED) is 0.855. The van der Waals surface area contributed by atoms with Crippen LogP contribution in [0.2, 0.25) is 0 Å². The lowest BCUT2D eigenvalue weighted by molar-refractivity contribution is 0.0942. The number of amides is 1. The van der Waals surface area contributed by atoms with Crippen LogP contribution >= 0.6 is 0 Å². The molecule has 1 aromatic rings. The minimum atomic E-state index is 0.0258. The fourth-order valence-corrected chi connectivity index (χ4v) is 2.64. The van der Waals surface area contributed by atoms with Crippen LogP contribution in [0.4, 0.5) is 0 Å². The molecular formula is C15H22N2O. The highest BCUT2D eigenvalue weighted by Gasteiger charge is 2.23. The summed E-state index contributed by atoms with van der Waals surface area (Å²) in [6.45, 7) is 4.03. The van der Waals surface area contributed by atoms with E-state index in [1.807, 2.05) is 30.3 Å². The molecule has 1 heterocycles. The zero-order valence-electron chi connectivity index (χ0n) is 11.0. The van der Waals surface area contributed by atoms with Gasteiger partial charge in [0, 0.05) is 18.2 Å². The van der Waals surface area contributed by atoms with E-state index in [1.54, 1.807) is 0 Å². The number of carbonyl (C=O) groups excluding carboxylic acids is 1. The van der Waals surface area contributed by atoms with Gasteiger partial charge in [-0.1, -0.05) is 31.5 Å². The smallest absolute Gasteiger partial charge is 0.251 e. The Balaban J connectivity index is 1.85. The molecule has 2 N–H and O–H groups in total. The van der Waals surface area contributed by atoms with Crippen LogP contribution in [0.5, 0.6) is 0 Å². The molecule has 1 saturated heterocycles. The molecule has 2 rings (SSSR count). The standard InChI is InChI=1S/C15H22N2O/c1-2-12-9-6-10-16-14(12)11-17-15(18)13-7-4-3-5-8-13/h3-5,7-8,12,14,16H,2,6,9-11H2,1H3,(H,17,18). The van der Waals surface area contributed by atoms with E-state index in [1.165, 1.54) is 19.3 Å². The Morgan fingerprint density at radius 3 is 2.89 bits per heavy atom. The van der Waals surface area contributed by atoms with Gasteiger partial charge in [-0.25, -0.2) is 0 Å². The topological polar surface area (TPSA) is 41.1 Å². The van der Waals surface area contributed by atoms with Crippen LogP contribution in [0.1, 0.15) is 36.5 Å². The van der Waals surface area contributed by atoms with Gasteiger partial charge in [-0.3, -0.25) is 4.79 Å². The number of carbonyl (C=O) groups is 1. The molecule has 3 heteroatoms. The highest BCUT2D eigenvalue weighted by Crippen LogP contribution is 2.19. The van der Waals surface area contributed by atoms with Gasteiger partial charge in [-0.2, -0.15) is 0 Å². The van der Waals surface area contributed by atoms with Gasteiger partial charge < -0.3 is 10.6 Å². The highest BCUT2D eigenvalue weighted by molar-refractivity contribution is 5.94. The highest BCUT2D eigenvalue weighted by atomic mass is 16.1. The molecule has 0 bridgehead atoms. The van der Waals surface area contributed by atoms with Crippen LogP contribution in [-0.2, 0) is 0 Å². The van der Waals surface area contributed by atoms with Crippen LogP contribution in [0.3, 0.4) is 0 Å². The summed E-state index contributed by atoms with van der Waals surface area (Å²) in [6.07, 6.45) is 3.70. The van der Waals surface area contributed by atoms with Crippen molar-refractivity contribution in [3.63, 3.8) is 0 Å². The molecule has 1 aromatic carbocycles. The molecule has 0 radical (unpaired) electrons. The average Bonchev–Trinajstić information content (AvgIpc) is 2.46. The molecule has 3 nitrogen and oxygen atoms in total. The Hall–Kier alpha value is -1.35. The molecule has 1 aliphatic heterocycles. The van der Waals surface area contributed by atoms with Crippen LogP contribution in [-0.4, -0.2) is 25.0 Å². The Morgan fingerprint density at radius 2 is 2.17 bits per heavy atom. The van der Waals surface area contributed by atoms with Crippen molar-refractivity contribution < 1.29 is 4.79 Å². The Bertz CT molecular complexity index is 377. The molecule has 0 aliphatic carbocycles. The Morgan fingerprint density at radius 1 is 1.39 bits per heavy atom. The maximum atomic E-state index is 11.9. The first-order chi connectivity index (χ1) is 8.81. The van der Waals surface area contributed by atoms with Crippen molar-refractivity contribution in [3.8, 4) is 0 Å². The summed E-state index contributed by atoms with van der Waals surface area (Å²) < 4.78 is 0. The molecule has 98 valence electrons. The van der Waals surface area contributed by atoms with Gasteiger partial charge in [-0.15, -0.1) is 0 Å². The van der Waals surface area contributed by atoms with Crippen LogP contribution in [0, 0.1) is 5.92 Å². The zero-order chi connectivity index (χ0) is 12.8. The van der Waals surface area contributed by atoms with Gasteiger partial charge in [0.1, 0.15) is 0 Å². The van der Waals surface area contributed by atoms with Crippen molar-refractivity contribution in [2.45, 2.75) is 32.2 Å². The number of hydrogen-bond acceptors (Lipinski definition) is 2. The third-order valence-corrected chi connectivity index (χ3v) is 3.77. The van der Waals surface area contributed by atoms with E-state index in [-0.39, 0.29) is 5.91 Å². The average molecular weight is 246 g/mol. The molecule has 2 atom stereocenters. The number of hydrogen-bond donors (Lipinski definition) is 2. The van der Waals surface area contributed by atoms with Crippen molar-refractivity contribution in [1.29, 1.82) is 0 Å². The zero-order valence-corrected chi connectivity index (χ0v) is 11.0. The lowest BCUT2D eigenvalue weighted by atomic mass is 9.88. The van der Waals surface area contributed by atoms with Crippen molar-refractivity contribution in [3.05, 3.63) is 35.9 Å². The van der Waals surface area contributed by atoms with E-state index in [0.717, 1.165) is 18.7 Å². The SMILES string of the molecule is CCC1CCCNC1CNC(=O)c1ccccc1. The first-order valence-electron chi connectivity index (χ1n) is 6.88. The number of nitrogens with one attached hydrogen (secondary N) is 2. The van der Waals surface area contributed by atoms with Crippen molar-refractivity contribution in [2.75, 3.05) is 13.1 Å².